The van der Waals surface area contributed by atoms with Crippen LogP contribution in [-0.4, -0.2) is 34.3 Å². The minimum Gasteiger partial charge on any atom is -0.389 e. The second kappa shape index (κ2) is 6.44. The summed E-state index contributed by atoms with van der Waals surface area (Å²) >= 11 is 1.55. The standard InChI is InChI=1S/C15H21NO2S/c1-3-16(13-7-8-13)15(18)10-19-14-6-4-5-12(9-14)11(2)17/h4-6,9,11,13,17H,3,7-8,10H2,1-2H3. The average Bonchev–Trinajstić information content (AvgIpc) is 3.22. The molecule has 4 heteroatoms. The number of hydrogen-bond donors (Lipinski definition) is 1. The summed E-state index contributed by atoms with van der Waals surface area (Å²) in [5.41, 5.74) is 0.895. The molecule has 1 N–H and O–H groups in total. The molecule has 0 aromatic heterocycles. The molecule has 1 aliphatic rings. The number of amides is 1. The first-order chi connectivity index (χ1) is 9.11. The smallest absolute Gasteiger partial charge is 0.233 e. The Balaban J connectivity index is 1.90. The van der Waals surface area contributed by atoms with Crippen LogP contribution >= 0.6 is 11.8 Å². The van der Waals surface area contributed by atoms with Gasteiger partial charge in [-0.3, -0.25) is 4.79 Å². The van der Waals surface area contributed by atoms with Gasteiger partial charge in [-0.15, -0.1) is 11.8 Å². The molecule has 1 saturated carbocycles. The highest BCUT2D eigenvalue weighted by atomic mass is 32.2. The molecule has 1 aromatic carbocycles. The molecule has 19 heavy (non-hydrogen) atoms. The lowest BCUT2D eigenvalue weighted by Gasteiger charge is -2.20. The predicted octanol–water partition coefficient (Wildman–Crippen LogP) is 2.84. The summed E-state index contributed by atoms with van der Waals surface area (Å²) in [6, 6.07) is 8.25. The summed E-state index contributed by atoms with van der Waals surface area (Å²) in [6.45, 7) is 4.59. The van der Waals surface area contributed by atoms with E-state index in [-0.39, 0.29) is 5.91 Å². The SMILES string of the molecule is CCN(C(=O)CSc1cccc(C(C)O)c1)C1CC1. The highest BCUT2D eigenvalue weighted by Crippen LogP contribution is 2.28. The molecule has 1 amide bonds. The second-order valence-corrected chi connectivity index (χ2v) is 6.00. The summed E-state index contributed by atoms with van der Waals surface area (Å²) in [4.78, 5) is 15.1. The van der Waals surface area contributed by atoms with Crippen molar-refractivity contribution in [2.75, 3.05) is 12.3 Å². The molecule has 0 bridgehead atoms. The Bertz CT molecular complexity index is 444. The van der Waals surface area contributed by atoms with Crippen LogP contribution in [0.25, 0.3) is 0 Å². The van der Waals surface area contributed by atoms with E-state index in [2.05, 4.69) is 0 Å². The molecule has 1 fully saturated rings. The van der Waals surface area contributed by atoms with E-state index < -0.39 is 6.10 Å². The third kappa shape index (κ3) is 3.98. The van der Waals surface area contributed by atoms with E-state index in [4.69, 9.17) is 0 Å². The Hall–Kier alpha value is -1.00. The van der Waals surface area contributed by atoms with Gasteiger partial charge < -0.3 is 10.0 Å². The van der Waals surface area contributed by atoms with Crippen LogP contribution in [0.3, 0.4) is 0 Å². The summed E-state index contributed by atoms with van der Waals surface area (Å²) in [7, 11) is 0. The minimum absolute atomic E-state index is 0.220. The molecular weight excluding hydrogens is 258 g/mol. The third-order valence-electron chi connectivity index (χ3n) is 3.35. The number of benzene rings is 1. The number of aliphatic hydroxyl groups excluding tert-OH is 1. The Morgan fingerprint density at radius 2 is 2.26 bits per heavy atom. The van der Waals surface area contributed by atoms with Crippen LogP contribution in [0.5, 0.6) is 0 Å². The molecule has 1 unspecified atom stereocenters. The molecule has 0 spiro atoms. The molecular formula is C15H21NO2S. The molecule has 1 atom stereocenters. The van der Waals surface area contributed by atoms with Crippen molar-refractivity contribution in [2.24, 2.45) is 0 Å². The fourth-order valence-corrected chi connectivity index (χ4v) is 2.97. The molecule has 0 radical (unpaired) electrons. The van der Waals surface area contributed by atoms with Gasteiger partial charge in [-0.05, 0) is 44.4 Å². The third-order valence-corrected chi connectivity index (χ3v) is 4.33. The number of carbonyl (C=O) groups excluding carboxylic acids is 1. The van der Waals surface area contributed by atoms with Crippen molar-refractivity contribution in [1.29, 1.82) is 0 Å². The van der Waals surface area contributed by atoms with E-state index in [1.807, 2.05) is 36.1 Å². The van der Waals surface area contributed by atoms with Gasteiger partial charge in [0.1, 0.15) is 0 Å². The first kappa shape index (κ1) is 14.4. The molecule has 1 aromatic rings. The highest BCUT2D eigenvalue weighted by Gasteiger charge is 2.30. The van der Waals surface area contributed by atoms with Crippen LogP contribution in [0.15, 0.2) is 29.2 Å². The Labute approximate surface area is 119 Å². The zero-order chi connectivity index (χ0) is 13.8. The number of carbonyl (C=O) groups is 1. The van der Waals surface area contributed by atoms with Crippen molar-refractivity contribution in [3.05, 3.63) is 29.8 Å². The van der Waals surface area contributed by atoms with Crippen molar-refractivity contribution in [3.63, 3.8) is 0 Å². The van der Waals surface area contributed by atoms with E-state index in [9.17, 15) is 9.90 Å². The van der Waals surface area contributed by atoms with E-state index in [1.54, 1.807) is 18.7 Å². The summed E-state index contributed by atoms with van der Waals surface area (Å²) in [5.74, 6) is 0.700. The van der Waals surface area contributed by atoms with Crippen LogP contribution in [0.1, 0.15) is 38.4 Å². The number of hydrogen-bond acceptors (Lipinski definition) is 3. The maximum Gasteiger partial charge on any atom is 0.233 e. The predicted molar refractivity (Wildman–Crippen MR) is 78.2 cm³/mol. The van der Waals surface area contributed by atoms with E-state index in [0.29, 0.717) is 11.8 Å². The average molecular weight is 279 g/mol. The minimum atomic E-state index is -0.463. The molecule has 2 rings (SSSR count). The zero-order valence-corrected chi connectivity index (χ0v) is 12.3. The van der Waals surface area contributed by atoms with Crippen LogP contribution in [0.2, 0.25) is 0 Å². The van der Waals surface area contributed by atoms with Gasteiger partial charge >= 0.3 is 0 Å². The van der Waals surface area contributed by atoms with E-state index >= 15 is 0 Å². The molecule has 104 valence electrons. The van der Waals surface area contributed by atoms with Crippen molar-refractivity contribution < 1.29 is 9.90 Å². The van der Waals surface area contributed by atoms with Crippen molar-refractivity contribution >= 4 is 17.7 Å². The maximum atomic E-state index is 12.1. The number of aliphatic hydroxyl groups is 1. The first-order valence-corrected chi connectivity index (χ1v) is 7.80. The van der Waals surface area contributed by atoms with Gasteiger partial charge in [0.15, 0.2) is 0 Å². The van der Waals surface area contributed by atoms with E-state index in [0.717, 1.165) is 29.8 Å². The van der Waals surface area contributed by atoms with E-state index in [1.165, 1.54) is 0 Å². The largest absolute Gasteiger partial charge is 0.389 e. The van der Waals surface area contributed by atoms with Gasteiger partial charge in [-0.25, -0.2) is 0 Å². The number of thioether (sulfide) groups is 1. The van der Waals surface area contributed by atoms with Gasteiger partial charge in [-0.1, -0.05) is 12.1 Å². The van der Waals surface area contributed by atoms with Gasteiger partial charge in [0, 0.05) is 17.5 Å². The van der Waals surface area contributed by atoms with Crippen molar-refractivity contribution in [2.45, 2.75) is 43.7 Å². The topological polar surface area (TPSA) is 40.5 Å². The lowest BCUT2D eigenvalue weighted by molar-refractivity contribution is -0.128. The second-order valence-electron chi connectivity index (χ2n) is 4.95. The van der Waals surface area contributed by atoms with Crippen LogP contribution in [0, 0.1) is 0 Å². The van der Waals surface area contributed by atoms with Gasteiger partial charge in [0.25, 0.3) is 0 Å². The Morgan fingerprint density at radius 3 is 2.84 bits per heavy atom. The van der Waals surface area contributed by atoms with Crippen molar-refractivity contribution in [3.8, 4) is 0 Å². The summed E-state index contributed by atoms with van der Waals surface area (Å²) in [5, 5.41) is 9.55. The number of rotatable bonds is 6. The van der Waals surface area contributed by atoms with Crippen LogP contribution in [0.4, 0.5) is 0 Å². The lowest BCUT2D eigenvalue weighted by Crippen LogP contribution is -2.34. The van der Waals surface area contributed by atoms with Gasteiger partial charge in [-0.2, -0.15) is 0 Å². The normalized spacial score (nSPS) is 16.2. The summed E-state index contributed by atoms with van der Waals surface area (Å²) in [6.07, 6.45) is 1.85. The monoisotopic (exact) mass is 279 g/mol. The molecule has 1 aliphatic carbocycles. The lowest BCUT2D eigenvalue weighted by atomic mass is 10.1. The Kier molecular flexibility index (Phi) is 4.88. The van der Waals surface area contributed by atoms with Crippen LogP contribution < -0.4 is 0 Å². The Morgan fingerprint density at radius 1 is 1.53 bits per heavy atom. The quantitative estimate of drug-likeness (QED) is 0.814. The number of nitrogens with zero attached hydrogens (tertiary/aromatic N) is 1. The highest BCUT2D eigenvalue weighted by molar-refractivity contribution is 8.00. The maximum absolute atomic E-state index is 12.1. The first-order valence-electron chi connectivity index (χ1n) is 6.82. The molecule has 0 heterocycles. The summed E-state index contributed by atoms with van der Waals surface area (Å²) < 4.78 is 0. The fraction of sp³-hybridized carbons (Fsp3) is 0.533. The van der Waals surface area contributed by atoms with Crippen molar-refractivity contribution in [1.82, 2.24) is 4.90 Å². The molecule has 0 aliphatic heterocycles. The van der Waals surface area contributed by atoms with Gasteiger partial charge in [0.2, 0.25) is 5.91 Å². The molecule has 3 nitrogen and oxygen atoms in total. The van der Waals surface area contributed by atoms with Crippen LogP contribution in [-0.2, 0) is 4.79 Å². The van der Waals surface area contributed by atoms with Gasteiger partial charge in [0.05, 0.1) is 11.9 Å². The fourth-order valence-electron chi connectivity index (χ4n) is 2.12. The molecule has 0 saturated heterocycles. The zero-order valence-electron chi connectivity index (χ0n) is 11.5.